The lowest BCUT2D eigenvalue weighted by molar-refractivity contribution is -0.247. The predicted molar refractivity (Wildman–Crippen MR) is 79.3 cm³/mol. The number of methoxy groups -OCH3 is 1. The van der Waals surface area contributed by atoms with Crippen molar-refractivity contribution >= 4 is 0 Å². The van der Waals surface area contributed by atoms with Crippen LogP contribution >= 0.6 is 0 Å². The Kier molecular flexibility index (Phi) is 5.58. The van der Waals surface area contributed by atoms with Gasteiger partial charge >= 0.3 is 0 Å². The number of ether oxygens (including phenoxy) is 3. The molecule has 1 saturated heterocycles. The minimum absolute atomic E-state index is 0.106. The van der Waals surface area contributed by atoms with E-state index in [1.807, 2.05) is 18.2 Å². The zero-order valence-corrected chi connectivity index (χ0v) is 12.9. The van der Waals surface area contributed by atoms with Crippen LogP contribution in [-0.2, 0) is 20.8 Å². The molecule has 2 unspecified atom stereocenters. The molecule has 0 aromatic heterocycles. The number of rotatable bonds is 5. The second-order valence-electron chi connectivity index (χ2n) is 5.86. The molecule has 1 aliphatic heterocycles. The topological polar surface area (TPSA) is 27.7 Å². The van der Waals surface area contributed by atoms with E-state index in [1.54, 1.807) is 7.11 Å². The third-order valence-corrected chi connectivity index (χ3v) is 4.61. The van der Waals surface area contributed by atoms with E-state index in [9.17, 15) is 0 Å². The van der Waals surface area contributed by atoms with Crippen molar-refractivity contribution in [1.82, 2.24) is 0 Å². The summed E-state index contributed by atoms with van der Waals surface area (Å²) >= 11 is 0. The van der Waals surface area contributed by atoms with Crippen molar-refractivity contribution in [3.63, 3.8) is 0 Å². The molecule has 2 rings (SSSR count). The third-order valence-electron chi connectivity index (χ3n) is 4.61. The van der Waals surface area contributed by atoms with Crippen molar-refractivity contribution < 1.29 is 14.2 Å². The minimum Gasteiger partial charge on any atom is -0.374 e. The van der Waals surface area contributed by atoms with Crippen LogP contribution in [0.3, 0.4) is 0 Å². The van der Waals surface area contributed by atoms with E-state index >= 15 is 0 Å². The molecule has 20 heavy (non-hydrogen) atoms. The summed E-state index contributed by atoms with van der Waals surface area (Å²) in [5.74, 6) is 1.46. The highest BCUT2D eigenvalue weighted by atomic mass is 16.7. The molecule has 1 heterocycles. The van der Waals surface area contributed by atoms with Gasteiger partial charge in [0.15, 0.2) is 6.29 Å². The van der Waals surface area contributed by atoms with Crippen LogP contribution in [0.2, 0.25) is 0 Å². The van der Waals surface area contributed by atoms with Crippen molar-refractivity contribution in [3.05, 3.63) is 35.9 Å². The van der Waals surface area contributed by atoms with Crippen LogP contribution in [0.15, 0.2) is 30.3 Å². The molecule has 0 aliphatic carbocycles. The Bertz CT molecular complexity index is 390. The first kappa shape index (κ1) is 15.5. The van der Waals surface area contributed by atoms with Crippen molar-refractivity contribution in [1.29, 1.82) is 0 Å². The van der Waals surface area contributed by atoms with Gasteiger partial charge in [0.25, 0.3) is 0 Å². The Morgan fingerprint density at radius 2 is 1.70 bits per heavy atom. The predicted octanol–water partition coefficient (Wildman–Crippen LogP) is 3.48. The van der Waals surface area contributed by atoms with E-state index in [2.05, 4.69) is 32.9 Å². The molecule has 1 fully saturated rings. The average molecular weight is 278 g/mol. The van der Waals surface area contributed by atoms with Gasteiger partial charge in [-0.05, 0) is 17.4 Å². The van der Waals surface area contributed by atoms with Gasteiger partial charge in [0.05, 0.1) is 19.3 Å². The van der Waals surface area contributed by atoms with Crippen molar-refractivity contribution in [2.24, 2.45) is 17.8 Å². The highest BCUT2D eigenvalue weighted by molar-refractivity contribution is 5.13. The standard InChI is InChI=1S/C17H26O3/c1-12-13(2)16(20-17(18-4)14(12)3)11-19-10-15-8-6-5-7-9-15/h5-9,12-14,16-17H,10-11H2,1-4H3/t12-,13-,14?,16?,17-/m0/s1. The SMILES string of the molecule is CO[C@H]1OC(COCc2ccccc2)[C@@H](C)[C@H](C)C1C. The molecule has 3 nitrogen and oxygen atoms in total. The van der Waals surface area contributed by atoms with E-state index in [4.69, 9.17) is 14.2 Å². The Morgan fingerprint density at radius 3 is 2.35 bits per heavy atom. The fourth-order valence-corrected chi connectivity index (χ4v) is 2.81. The molecule has 0 amide bonds. The average Bonchev–Trinajstić information content (AvgIpc) is 2.48. The number of hydrogen-bond acceptors (Lipinski definition) is 3. The first-order valence-corrected chi connectivity index (χ1v) is 7.43. The molecule has 112 valence electrons. The molecule has 5 atom stereocenters. The normalized spacial score (nSPS) is 34.1. The third kappa shape index (κ3) is 3.60. The monoisotopic (exact) mass is 278 g/mol. The Morgan fingerprint density at radius 1 is 1.00 bits per heavy atom. The van der Waals surface area contributed by atoms with E-state index in [-0.39, 0.29) is 12.4 Å². The van der Waals surface area contributed by atoms with E-state index in [0.29, 0.717) is 31.0 Å². The largest absolute Gasteiger partial charge is 0.374 e. The number of benzene rings is 1. The van der Waals surface area contributed by atoms with Crippen molar-refractivity contribution in [2.75, 3.05) is 13.7 Å². The van der Waals surface area contributed by atoms with Crippen LogP contribution in [0.25, 0.3) is 0 Å². The Balaban J connectivity index is 1.85. The zero-order valence-electron chi connectivity index (χ0n) is 12.9. The first-order chi connectivity index (χ1) is 9.63. The van der Waals surface area contributed by atoms with Crippen LogP contribution < -0.4 is 0 Å². The van der Waals surface area contributed by atoms with Crippen LogP contribution in [0.5, 0.6) is 0 Å². The van der Waals surface area contributed by atoms with Gasteiger partial charge in [-0.2, -0.15) is 0 Å². The van der Waals surface area contributed by atoms with Crippen molar-refractivity contribution in [2.45, 2.75) is 39.8 Å². The molecule has 0 saturated carbocycles. The van der Waals surface area contributed by atoms with E-state index in [0.717, 1.165) is 0 Å². The summed E-state index contributed by atoms with van der Waals surface area (Å²) in [5, 5.41) is 0. The number of hydrogen-bond donors (Lipinski definition) is 0. The van der Waals surface area contributed by atoms with Gasteiger partial charge in [-0.3, -0.25) is 0 Å². The quantitative estimate of drug-likeness (QED) is 0.825. The van der Waals surface area contributed by atoms with Crippen LogP contribution in [-0.4, -0.2) is 26.1 Å². The molecule has 0 bridgehead atoms. The summed E-state index contributed by atoms with van der Waals surface area (Å²) in [5.41, 5.74) is 1.20. The Labute approximate surface area is 122 Å². The molecule has 1 aromatic rings. The summed E-state index contributed by atoms with van der Waals surface area (Å²) in [6, 6.07) is 10.2. The zero-order chi connectivity index (χ0) is 14.5. The molecular formula is C17H26O3. The molecule has 1 aromatic carbocycles. The summed E-state index contributed by atoms with van der Waals surface area (Å²) < 4.78 is 17.3. The molecule has 1 aliphatic rings. The van der Waals surface area contributed by atoms with Gasteiger partial charge < -0.3 is 14.2 Å². The lowest BCUT2D eigenvalue weighted by atomic mass is 9.79. The minimum atomic E-state index is -0.119. The van der Waals surface area contributed by atoms with Gasteiger partial charge in [0.1, 0.15) is 0 Å². The van der Waals surface area contributed by atoms with Crippen LogP contribution in [0.4, 0.5) is 0 Å². The lowest BCUT2D eigenvalue weighted by Gasteiger charge is -2.42. The maximum absolute atomic E-state index is 6.02. The van der Waals surface area contributed by atoms with Crippen molar-refractivity contribution in [3.8, 4) is 0 Å². The summed E-state index contributed by atoms with van der Waals surface area (Å²) in [7, 11) is 1.71. The van der Waals surface area contributed by atoms with Crippen LogP contribution in [0.1, 0.15) is 26.3 Å². The summed E-state index contributed by atoms with van der Waals surface area (Å²) in [6.45, 7) is 7.95. The van der Waals surface area contributed by atoms with Gasteiger partial charge in [-0.1, -0.05) is 51.1 Å². The fraction of sp³-hybridized carbons (Fsp3) is 0.647. The molecule has 0 N–H and O–H groups in total. The van der Waals surface area contributed by atoms with E-state index < -0.39 is 0 Å². The van der Waals surface area contributed by atoms with Gasteiger partial charge in [0.2, 0.25) is 0 Å². The molecule has 0 radical (unpaired) electrons. The highest BCUT2D eigenvalue weighted by Gasteiger charge is 2.39. The fourth-order valence-electron chi connectivity index (χ4n) is 2.81. The smallest absolute Gasteiger partial charge is 0.160 e. The first-order valence-electron chi connectivity index (χ1n) is 7.43. The maximum atomic E-state index is 6.02. The summed E-state index contributed by atoms with van der Waals surface area (Å²) in [4.78, 5) is 0. The van der Waals surface area contributed by atoms with Gasteiger partial charge in [-0.25, -0.2) is 0 Å². The second-order valence-corrected chi connectivity index (χ2v) is 5.86. The Hall–Kier alpha value is -0.900. The lowest BCUT2D eigenvalue weighted by Crippen LogP contribution is -2.47. The molecule has 0 spiro atoms. The molecule has 3 heteroatoms. The second kappa shape index (κ2) is 7.21. The van der Waals surface area contributed by atoms with Gasteiger partial charge in [-0.15, -0.1) is 0 Å². The maximum Gasteiger partial charge on any atom is 0.160 e. The van der Waals surface area contributed by atoms with Gasteiger partial charge in [0, 0.05) is 13.0 Å². The summed E-state index contributed by atoms with van der Waals surface area (Å²) in [6.07, 6.45) is -0.0126. The molecular weight excluding hydrogens is 252 g/mol. The van der Waals surface area contributed by atoms with E-state index in [1.165, 1.54) is 5.56 Å². The van der Waals surface area contributed by atoms with Crippen LogP contribution in [0, 0.1) is 17.8 Å². The highest BCUT2D eigenvalue weighted by Crippen LogP contribution is 2.35.